The molecule has 4 N–H and O–H groups in total. The van der Waals surface area contributed by atoms with E-state index in [-0.39, 0.29) is 11.9 Å². The third-order valence-corrected chi connectivity index (χ3v) is 6.80. The van der Waals surface area contributed by atoms with Crippen LogP contribution in [0.15, 0.2) is 79.1 Å². The van der Waals surface area contributed by atoms with Gasteiger partial charge >= 0.3 is 6.03 Å². The van der Waals surface area contributed by atoms with Crippen molar-refractivity contribution < 1.29 is 9.59 Å². The molecule has 0 aliphatic heterocycles. The van der Waals surface area contributed by atoms with Crippen LogP contribution in [-0.4, -0.2) is 50.2 Å². The molecule has 0 aliphatic rings. The first-order valence-corrected chi connectivity index (χ1v) is 14.0. The molecule has 10 heteroatoms. The molecule has 0 radical (unpaired) electrons. The van der Waals surface area contributed by atoms with Gasteiger partial charge in [-0.2, -0.15) is 16.9 Å². The Kier molecular flexibility index (Phi) is 7.93. The number of rotatable bonds is 9. The van der Waals surface area contributed by atoms with Crippen molar-refractivity contribution >= 4 is 46.1 Å². The highest BCUT2D eigenvalue weighted by molar-refractivity contribution is 7.98. The number of aromatic nitrogens is 4. The second-order valence-corrected chi connectivity index (χ2v) is 9.81. The molecular weight excluding hydrogens is 510 g/mol. The molecule has 0 fully saturated rings. The van der Waals surface area contributed by atoms with E-state index >= 15 is 0 Å². The maximum absolute atomic E-state index is 12.7. The van der Waals surface area contributed by atoms with Gasteiger partial charge in [-0.05, 0) is 55.1 Å². The average Bonchev–Trinajstić information content (AvgIpc) is 3.59. The normalized spacial score (nSPS) is 10.9. The summed E-state index contributed by atoms with van der Waals surface area (Å²) in [5, 5.41) is 14.3. The lowest BCUT2D eigenvalue weighted by molar-refractivity contribution is 0.0952. The third kappa shape index (κ3) is 5.96. The van der Waals surface area contributed by atoms with Crippen LogP contribution in [0.4, 0.5) is 16.2 Å². The smallest absolute Gasteiger partial charge is 0.323 e. The van der Waals surface area contributed by atoms with Crippen LogP contribution in [0.3, 0.4) is 0 Å². The minimum Gasteiger partial charge on any atom is -0.350 e. The van der Waals surface area contributed by atoms with Gasteiger partial charge in [0.15, 0.2) is 0 Å². The standard InChI is InChI=1S/C29H29N7O2S/c1-3-36-18-24(22-13-14-30-27-23(22)17-25(34-27)28(37)31-15-16-39-2)26(35-36)19-9-11-21(12-10-19)33-29(38)32-20-7-5-4-6-8-20/h4-14,17-18H,3,15-16H2,1-2H3,(H,30,34)(H,31,37)(H2,32,33,38). The summed E-state index contributed by atoms with van der Waals surface area (Å²) in [7, 11) is 0. The van der Waals surface area contributed by atoms with Crippen molar-refractivity contribution in [3.63, 3.8) is 0 Å². The lowest BCUT2D eigenvalue weighted by Gasteiger charge is -2.09. The molecule has 39 heavy (non-hydrogen) atoms. The molecule has 198 valence electrons. The number of nitrogens with zero attached hydrogens (tertiary/aromatic N) is 3. The molecule has 9 nitrogen and oxygen atoms in total. The van der Waals surface area contributed by atoms with Crippen LogP contribution >= 0.6 is 11.8 Å². The first-order chi connectivity index (χ1) is 19.1. The van der Waals surface area contributed by atoms with Gasteiger partial charge in [0.25, 0.3) is 5.91 Å². The van der Waals surface area contributed by atoms with Crippen LogP contribution < -0.4 is 16.0 Å². The maximum Gasteiger partial charge on any atom is 0.323 e. The molecule has 2 aromatic carbocycles. The topological polar surface area (TPSA) is 117 Å². The average molecular weight is 540 g/mol. The van der Waals surface area contributed by atoms with Crippen molar-refractivity contribution in [2.24, 2.45) is 0 Å². The number of benzene rings is 2. The molecule has 3 aromatic heterocycles. The van der Waals surface area contributed by atoms with E-state index in [1.165, 1.54) is 0 Å². The number of thioether (sulfide) groups is 1. The van der Waals surface area contributed by atoms with Crippen molar-refractivity contribution in [3.8, 4) is 22.4 Å². The predicted octanol–water partition coefficient (Wildman–Crippen LogP) is 5.85. The highest BCUT2D eigenvalue weighted by Crippen LogP contribution is 2.35. The van der Waals surface area contributed by atoms with Gasteiger partial charge in [-0.25, -0.2) is 9.78 Å². The van der Waals surface area contributed by atoms with E-state index in [4.69, 9.17) is 5.10 Å². The van der Waals surface area contributed by atoms with Gasteiger partial charge in [0.2, 0.25) is 0 Å². The summed E-state index contributed by atoms with van der Waals surface area (Å²) >= 11 is 1.68. The van der Waals surface area contributed by atoms with Crippen molar-refractivity contribution in [1.82, 2.24) is 25.1 Å². The Morgan fingerprint density at radius 3 is 2.44 bits per heavy atom. The number of hydrogen-bond donors (Lipinski definition) is 4. The van der Waals surface area contributed by atoms with E-state index in [9.17, 15) is 9.59 Å². The maximum atomic E-state index is 12.7. The fourth-order valence-electron chi connectivity index (χ4n) is 4.27. The van der Waals surface area contributed by atoms with Gasteiger partial charge < -0.3 is 20.9 Å². The van der Waals surface area contributed by atoms with E-state index in [1.807, 2.05) is 90.8 Å². The Labute approximate surface area is 230 Å². The summed E-state index contributed by atoms with van der Waals surface area (Å²) < 4.78 is 1.89. The number of amides is 3. The van der Waals surface area contributed by atoms with Crippen molar-refractivity contribution in [2.75, 3.05) is 29.2 Å². The van der Waals surface area contributed by atoms with Crippen LogP contribution in [-0.2, 0) is 6.54 Å². The number of nitrogens with one attached hydrogen (secondary N) is 4. The van der Waals surface area contributed by atoms with Gasteiger partial charge in [0.05, 0.1) is 0 Å². The number of hydrogen-bond acceptors (Lipinski definition) is 5. The van der Waals surface area contributed by atoms with E-state index in [0.29, 0.717) is 30.1 Å². The number of aromatic amines is 1. The number of H-pyrrole nitrogens is 1. The fourth-order valence-corrected chi connectivity index (χ4v) is 4.57. The SMILES string of the molecule is CCn1cc(-c2ccnc3[nH]c(C(=O)NCCSC)cc23)c(-c2ccc(NC(=O)Nc3ccccc3)cc2)n1. The Morgan fingerprint density at radius 1 is 0.974 bits per heavy atom. The first kappa shape index (κ1) is 26.1. The zero-order chi connectivity index (χ0) is 27.2. The summed E-state index contributed by atoms with van der Waals surface area (Å²) in [4.78, 5) is 32.7. The van der Waals surface area contributed by atoms with Crippen LogP contribution in [0, 0.1) is 0 Å². The summed E-state index contributed by atoms with van der Waals surface area (Å²) in [5.41, 5.74) is 6.06. The molecule has 0 aliphatic carbocycles. The Bertz CT molecular complexity index is 1590. The van der Waals surface area contributed by atoms with E-state index < -0.39 is 0 Å². The van der Waals surface area contributed by atoms with Crippen LogP contribution in [0.1, 0.15) is 17.4 Å². The predicted molar refractivity (Wildman–Crippen MR) is 158 cm³/mol. The van der Waals surface area contributed by atoms with Crippen molar-refractivity contribution in [1.29, 1.82) is 0 Å². The monoisotopic (exact) mass is 539 g/mol. The molecule has 3 heterocycles. The van der Waals surface area contributed by atoms with Gasteiger partial charge in [-0.3, -0.25) is 9.48 Å². The number of aryl methyl sites for hydroxylation is 1. The minimum absolute atomic E-state index is 0.156. The molecule has 0 saturated carbocycles. The molecule has 5 aromatic rings. The van der Waals surface area contributed by atoms with Crippen LogP contribution in [0.25, 0.3) is 33.4 Å². The Hall–Kier alpha value is -4.57. The number of urea groups is 1. The number of fused-ring (bicyclic) bond motifs is 1. The molecular formula is C29H29N7O2S. The largest absolute Gasteiger partial charge is 0.350 e. The van der Waals surface area contributed by atoms with Crippen molar-refractivity contribution in [3.05, 3.63) is 84.8 Å². The van der Waals surface area contributed by atoms with Crippen LogP contribution in [0.5, 0.6) is 0 Å². The molecule has 3 amide bonds. The lowest BCUT2D eigenvalue weighted by Crippen LogP contribution is -2.25. The molecule has 0 spiro atoms. The summed E-state index contributed by atoms with van der Waals surface area (Å²) in [5.74, 6) is 0.693. The highest BCUT2D eigenvalue weighted by Gasteiger charge is 2.18. The summed E-state index contributed by atoms with van der Waals surface area (Å²) in [6, 6.07) is 20.3. The van der Waals surface area contributed by atoms with Gasteiger partial charge in [0, 0.05) is 59.1 Å². The Morgan fingerprint density at radius 2 is 1.72 bits per heavy atom. The molecule has 0 unspecified atom stereocenters. The summed E-state index contributed by atoms with van der Waals surface area (Å²) in [6.07, 6.45) is 5.75. The van der Waals surface area contributed by atoms with Gasteiger partial charge in [-0.15, -0.1) is 0 Å². The van der Waals surface area contributed by atoms with Crippen LogP contribution in [0.2, 0.25) is 0 Å². The van der Waals surface area contributed by atoms with Gasteiger partial charge in [0.1, 0.15) is 17.0 Å². The highest BCUT2D eigenvalue weighted by atomic mass is 32.2. The van der Waals surface area contributed by atoms with Crippen molar-refractivity contribution in [2.45, 2.75) is 13.5 Å². The lowest BCUT2D eigenvalue weighted by atomic mass is 10.00. The number of para-hydroxylation sites is 1. The number of anilines is 2. The van der Waals surface area contributed by atoms with E-state index in [0.717, 1.165) is 39.2 Å². The molecule has 5 rings (SSSR count). The first-order valence-electron chi connectivity index (χ1n) is 12.6. The molecule has 0 saturated heterocycles. The zero-order valence-electron chi connectivity index (χ0n) is 21.7. The third-order valence-electron chi connectivity index (χ3n) is 6.19. The molecule has 0 bridgehead atoms. The molecule has 0 atom stereocenters. The minimum atomic E-state index is -0.315. The summed E-state index contributed by atoms with van der Waals surface area (Å²) in [6.45, 7) is 3.34. The Balaban J connectivity index is 1.41. The second kappa shape index (κ2) is 11.9. The fraction of sp³-hybridized carbons (Fsp3) is 0.172. The number of carbonyl (C=O) groups is 2. The second-order valence-electron chi connectivity index (χ2n) is 8.82. The zero-order valence-corrected chi connectivity index (χ0v) is 22.5. The van der Waals surface area contributed by atoms with Gasteiger partial charge in [-0.1, -0.05) is 30.3 Å². The number of carbonyl (C=O) groups excluding carboxylic acids is 2. The van der Waals surface area contributed by atoms with E-state index in [1.54, 1.807) is 18.0 Å². The van der Waals surface area contributed by atoms with E-state index in [2.05, 4.69) is 25.9 Å². The number of pyridine rings is 1. The quantitative estimate of drug-likeness (QED) is 0.175.